The third-order valence-electron chi connectivity index (χ3n) is 2.83. The van der Waals surface area contributed by atoms with E-state index >= 15 is 0 Å². The van der Waals surface area contributed by atoms with Crippen molar-refractivity contribution in [1.29, 1.82) is 0 Å². The second-order valence-corrected chi connectivity index (χ2v) is 5.33. The first kappa shape index (κ1) is 14.1. The molecular weight excluding hydrogens is 308 g/mol. The van der Waals surface area contributed by atoms with E-state index in [1.165, 1.54) is 0 Å². The van der Waals surface area contributed by atoms with Crippen LogP contribution in [0.4, 0.5) is 0 Å². The van der Waals surface area contributed by atoms with Crippen LogP contribution in [0.1, 0.15) is 31.6 Å². The minimum Gasteiger partial charge on any atom is -0.465 e. The first-order valence-corrected chi connectivity index (χ1v) is 7.38. The van der Waals surface area contributed by atoms with Crippen molar-refractivity contribution < 1.29 is 4.74 Å². The van der Waals surface area contributed by atoms with Gasteiger partial charge < -0.3 is 4.74 Å². The van der Waals surface area contributed by atoms with Crippen LogP contribution in [0.2, 0.25) is 0 Å². The number of hydrogen-bond donors (Lipinski definition) is 0. The smallest absolute Gasteiger partial charge is 0.300 e. The van der Waals surface area contributed by atoms with E-state index < -0.39 is 0 Å². The van der Waals surface area contributed by atoms with Gasteiger partial charge in [0.05, 0.1) is 22.5 Å². The lowest BCUT2D eigenvalue weighted by Crippen LogP contribution is -2.25. The molecule has 5 heteroatoms. The van der Waals surface area contributed by atoms with Crippen molar-refractivity contribution in [1.82, 2.24) is 9.55 Å². The van der Waals surface area contributed by atoms with Crippen LogP contribution in [0.3, 0.4) is 0 Å². The summed E-state index contributed by atoms with van der Waals surface area (Å²) in [5.41, 5.74) is 0.603. The van der Waals surface area contributed by atoms with Crippen LogP contribution in [0, 0.1) is 0 Å². The molecule has 0 spiro atoms. The number of hydrogen-bond acceptors (Lipinski definition) is 3. The molecule has 102 valence electrons. The highest BCUT2D eigenvalue weighted by Crippen LogP contribution is 2.23. The molecule has 1 aromatic heterocycles. The molecule has 1 atom stereocenters. The highest BCUT2D eigenvalue weighted by Gasteiger charge is 2.16. The zero-order valence-electron chi connectivity index (χ0n) is 11.1. The quantitative estimate of drug-likeness (QED) is 0.791. The average molecular weight is 325 g/mol. The number of para-hydroxylation sites is 1. The Bertz CT molecular complexity index is 624. The molecule has 1 heterocycles. The maximum atomic E-state index is 12.5. The molecule has 0 saturated carbocycles. The molecule has 1 aromatic carbocycles. The van der Waals surface area contributed by atoms with Crippen LogP contribution < -0.4 is 10.3 Å². The Morgan fingerprint density at radius 3 is 2.79 bits per heavy atom. The number of alkyl halides is 1. The molecule has 4 nitrogen and oxygen atoms in total. The van der Waals surface area contributed by atoms with Gasteiger partial charge in [-0.1, -0.05) is 41.9 Å². The van der Waals surface area contributed by atoms with Crippen LogP contribution >= 0.6 is 15.9 Å². The highest BCUT2D eigenvalue weighted by atomic mass is 79.9. The molecule has 2 aromatic rings. The van der Waals surface area contributed by atoms with Gasteiger partial charge in [-0.2, -0.15) is 4.98 Å². The standard InChI is InChI=1S/C14H17BrN2O2/c1-3-9-19-14-16-11-8-6-5-7-10(11)13(18)17(14)12(15)4-2/h5-8,12H,3-4,9H2,1-2H3. The van der Waals surface area contributed by atoms with Gasteiger partial charge >= 0.3 is 6.01 Å². The summed E-state index contributed by atoms with van der Waals surface area (Å²) in [6.45, 7) is 4.58. The van der Waals surface area contributed by atoms with Crippen molar-refractivity contribution in [2.45, 2.75) is 31.6 Å². The summed E-state index contributed by atoms with van der Waals surface area (Å²) in [4.78, 5) is 16.9. The topological polar surface area (TPSA) is 44.1 Å². The second-order valence-electron chi connectivity index (χ2n) is 4.28. The van der Waals surface area contributed by atoms with Gasteiger partial charge in [0.1, 0.15) is 0 Å². The maximum absolute atomic E-state index is 12.5. The lowest BCUT2D eigenvalue weighted by Gasteiger charge is -2.17. The Hall–Kier alpha value is -1.36. The van der Waals surface area contributed by atoms with Crippen molar-refractivity contribution in [3.63, 3.8) is 0 Å². The van der Waals surface area contributed by atoms with Gasteiger partial charge in [0.25, 0.3) is 5.56 Å². The van der Waals surface area contributed by atoms with Crippen molar-refractivity contribution in [3.8, 4) is 6.01 Å². The van der Waals surface area contributed by atoms with Gasteiger partial charge in [0.2, 0.25) is 0 Å². The molecule has 0 amide bonds. The molecule has 0 saturated heterocycles. The number of benzene rings is 1. The molecule has 19 heavy (non-hydrogen) atoms. The number of aromatic nitrogens is 2. The third kappa shape index (κ3) is 2.81. The minimum atomic E-state index is -0.107. The van der Waals surface area contributed by atoms with E-state index in [1.807, 2.05) is 32.0 Å². The molecule has 0 bridgehead atoms. The van der Waals surface area contributed by atoms with E-state index in [-0.39, 0.29) is 10.5 Å². The number of halogens is 1. The molecule has 2 rings (SSSR count). The Labute approximate surface area is 120 Å². The SMILES string of the molecule is CCCOc1nc2ccccc2c(=O)n1C(Br)CC. The van der Waals surface area contributed by atoms with Crippen molar-refractivity contribution in [3.05, 3.63) is 34.6 Å². The highest BCUT2D eigenvalue weighted by molar-refractivity contribution is 9.09. The molecule has 0 aliphatic carbocycles. The van der Waals surface area contributed by atoms with E-state index in [2.05, 4.69) is 20.9 Å². The van der Waals surface area contributed by atoms with Crippen LogP contribution in [0.25, 0.3) is 10.9 Å². The van der Waals surface area contributed by atoms with E-state index in [0.29, 0.717) is 23.5 Å². The fourth-order valence-electron chi connectivity index (χ4n) is 1.85. The van der Waals surface area contributed by atoms with Crippen LogP contribution in [-0.4, -0.2) is 16.2 Å². The summed E-state index contributed by atoms with van der Waals surface area (Å²) >= 11 is 3.51. The average Bonchev–Trinajstić information content (AvgIpc) is 2.44. The molecular formula is C14H17BrN2O2. The fourth-order valence-corrected chi connectivity index (χ4v) is 2.21. The predicted molar refractivity (Wildman–Crippen MR) is 80.0 cm³/mol. The van der Waals surface area contributed by atoms with E-state index in [9.17, 15) is 4.79 Å². The van der Waals surface area contributed by atoms with Gasteiger partial charge in [-0.25, -0.2) is 4.57 Å². The molecule has 0 N–H and O–H groups in total. The lowest BCUT2D eigenvalue weighted by atomic mass is 10.2. The van der Waals surface area contributed by atoms with E-state index in [4.69, 9.17) is 4.74 Å². The van der Waals surface area contributed by atoms with Crippen molar-refractivity contribution in [2.24, 2.45) is 0 Å². The Morgan fingerprint density at radius 2 is 2.11 bits per heavy atom. The Kier molecular flexibility index (Phi) is 4.58. The first-order chi connectivity index (χ1) is 9.19. The largest absolute Gasteiger partial charge is 0.465 e. The molecule has 0 aliphatic heterocycles. The van der Waals surface area contributed by atoms with Gasteiger partial charge in [0.15, 0.2) is 0 Å². The lowest BCUT2D eigenvalue weighted by molar-refractivity contribution is 0.272. The Morgan fingerprint density at radius 1 is 1.37 bits per heavy atom. The second kappa shape index (κ2) is 6.19. The van der Waals surface area contributed by atoms with Crippen LogP contribution in [-0.2, 0) is 0 Å². The van der Waals surface area contributed by atoms with Gasteiger partial charge in [-0.05, 0) is 25.0 Å². The number of fused-ring (bicyclic) bond motifs is 1. The summed E-state index contributed by atoms with van der Waals surface area (Å²) < 4.78 is 7.20. The fraction of sp³-hybridized carbons (Fsp3) is 0.429. The van der Waals surface area contributed by atoms with E-state index in [1.54, 1.807) is 10.6 Å². The number of ether oxygens (including phenoxy) is 1. The summed E-state index contributed by atoms with van der Waals surface area (Å²) in [6, 6.07) is 7.72. The summed E-state index contributed by atoms with van der Waals surface area (Å²) in [5, 5.41) is 0.615. The number of nitrogens with zero attached hydrogens (tertiary/aromatic N) is 2. The monoisotopic (exact) mass is 324 g/mol. The van der Waals surface area contributed by atoms with Gasteiger partial charge in [-0.15, -0.1) is 0 Å². The Balaban J connectivity index is 2.65. The van der Waals surface area contributed by atoms with E-state index in [0.717, 1.165) is 12.8 Å². The third-order valence-corrected chi connectivity index (χ3v) is 3.88. The predicted octanol–water partition coefficient (Wildman–Crippen LogP) is 3.49. The molecule has 0 radical (unpaired) electrons. The van der Waals surface area contributed by atoms with Gasteiger partial charge in [-0.3, -0.25) is 4.79 Å². The first-order valence-electron chi connectivity index (χ1n) is 6.47. The summed E-state index contributed by atoms with van der Waals surface area (Å²) in [6.07, 6.45) is 1.66. The molecule has 1 unspecified atom stereocenters. The van der Waals surface area contributed by atoms with Crippen molar-refractivity contribution >= 4 is 26.8 Å². The van der Waals surface area contributed by atoms with Crippen LogP contribution in [0.15, 0.2) is 29.1 Å². The molecule has 0 aliphatic rings. The number of rotatable bonds is 5. The normalized spacial score (nSPS) is 12.6. The van der Waals surface area contributed by atoms with Crippen molar-refractivity contribution in [2.75, 3.05) is 6.61 Å². The molecule has 0 fully saturated rings. The summed E-state index contributed by atoms with van der Waals surface area (Å²) in [5.74, 6) is 0. The minimum absolute atomic E-state index is 0.0690. The zero-order valence-corrected chi connectivity index (χ0v) is 12.7. The summed E-state index contributed by atoms with van der Waals surface area (Å²) in [7, 11) is 0. The maximum Gasteiger partial charge on any atom is 0.300 e. The van der Waals surface area contributed by atoms with Gasteiger partial charge in [0, 0.05) is 0 Å². The van der Waals surface area contributed by atoms with Crippen LogP contribution in [0.5, 0.6) is 6.01 Å². The zero-order chi connectivity index (χ0) is 13.8.